The van der Waals surface area contributed by atoms with Crippen LogP contribution in [0.2, 0.25) is 0 Å². The molecule has 0 aliphatic heterocycles. The molecule has 0 spiro atoms. The minimum Gasteiger partial charge on any atom is -0.441 e. The third-order valence-electron chi connectivity index (χ3n) is 4.73. The van der Waals surface area contributed by atoms with Gasteiger partial charge in [0.05, 0.1) is 6.20 Å². The van der Waals surface area contributed by atoms with Gasteiger partial charge >= 0.3 is 0 Å². The van der Waals surface area contributed by atoms with Crippen molar-refractivity contribution in [1.29, 1.82) is 0 Å². The lowest BCUT2D eigenvalue weighted by Crippen LogP contribution is -2.32. The van der Waals surface area contributed by atoms with Crippen LogP contribution in [0.5, 0.6) is 0 Å². The van der Waals surface area contributed by atoms with Gasteiger partial charge in [-0.15, -0.1) is 0 Å². The van der Waals surface area contributed by atoms with E-state index < -0.39 is 0 Å². The van der Waals surface area contributed by atoms with E-state index in [1.54, 1.807) is 6.20 Å². The number of amides is 1. The Bertz CT molecular complexity index is 886. The lowest BCUT2D eigenvalue weighted by Gasteiger charge is -2.14. The van der Waals surface area contributed by atoms with Gasteiger partial charge in [0.25, 0.3) is 0 Å². The Morgan fingerprint density at radius 2 is 1.75 bits per heavy atom. The predicted octanol–water partition coefficient (Wildman–Crippen LogP) is 4.21. The van der Waals surface area contributed by atoms with E-state index in [0.717, 1.165) is 11.1 Å². The molecule has 0 bridgehead atoms. The quantitative estimate of drug-likeness (QED) is 0.616. The first-order chi connectivity index (χ1) is 13.5. The Kier molecular flexibility index (Phi) is 6.61. The van der Waals surface area contributed by atoms with Crippen LogP contribution >= 0.6 is 0 Å². The molecular weight excluding hydrogens is 350 g/mol. The van der Waals surface area contributed by atoms with Gasteiger partial charge in [-0.1, -0.05) is 68.4 Å². The van der Waals surface area contributed by atoms with Crippen LogP contribution in [0.3, 0.4) is 0 Å². The van der Waals surface area contributed by atoms with E-state index in [2.05, 4.69) is 36.3 Å². The Balaban J connectivity index is 1.45. The molecule has 1 heterocycles. The van der Waals surface area contributed by atoms with E-state index in [1.807, 2.05) is 42.5 Å². The molecule has 2 aromatic carbocycles. The molecular formula is C23H27N3O2. The van der Waals surface area contributed by atoms with Gasteiger partial charge < -0.3 is 15.5 Å². The number of carbonyl (C=O) groups is 1. The van der Waals surface area contributed by atoms with Gasteiger partial charge in [-0.3, -0.25) is 4.79 Å². The lowest BCUT2D eigenvalue weighted by molar-refractivity contribution is -0.121. The van der Waals surface area contributed by atoms with Crippen LogP contribution in [0.4, 0.5) is 0 Å². The maximum Gasteiger partial charge on any atom is 0.220 e. The summed E-state index contributed by atoms with van der Waals surface area (Å²) in [6.45, 7) is 4.72. The number of hydrogen-bond acceptors (Lipinski definition) is 4. The van der Waals surface area contributed by atoms with Crippen molar-refractivity contribution in [3.05, 3.63) is 77.8 Å². The van der Waals surface area contributed by atoms with Crippen molar-refractivity contribution in [1.82, 2.24) is 10.3 Å². The van der Waals surface area contributed by atoms with Crippen LogP contribution in [0.25, 0.3) is 11.3 Å². The second-order valence-electron chi connectivity index (χ2n) is 7.22. The van der Waals surface area contributed by atoms with Crippen molar-refractivity contribution in [3.63, 3.8) is 0 Å². The predicted molar refractivity (Wildman–Crippen MR) is 111 cm³/mol. The summed E-state index contributed by atoms with van der Waals surface area (Å²) in [5.41, 5.74) is 9.47. The number of nitrogens with one attached hydrogen (secondary N) is 1. The van der Waals surface area contributed by atoms with E-state index in [9.17, 15) is 4.79 Å². The molecule has 1 aromatic heterocycles. The van der Waals surface area contributed by atoms with Gasteiger partial charge in [-0.2, -0.15) is 0 Å². The van der Waals surface area contributed by atoms with Gasteiger partial charge in [-0.05, 0) is 17.0 Å². The number of benzene rings is 2. The molecule has 0 aliphatic carbocycles. The highest BCUT2D eigenvalue weighted by Gasteiger charge is 2.11. The zero-order chi connectivity index (χ0) is 19.9. The highest BCUT2D eigenvalue weighted by Crippen LogP contribution is 2.20. The third-order valence-corrected chi connectivity index (χ3v) is 4.73. The number of aromatic nitrogens is 1. The molecule has 5 nitrogen and oxygen atoms in total. The number of nitrogens with zero attached hydrogens (tertiary/aromatic N) is 1. The second kappa shape index (κ2) is 9.33. The summed E-state index contributed by atoms with van der Waals surface area (Å²) < 4.78 is 5.73. The van der Waals surface area contributed by atoms with Crippen molar-refractivity contribution in [3.8, 4) is 11.3 Å². The fraction of sp³-hybridized carbons (Fsp3) is 0.304. The average Bonchev–Trinajstić information content (AvgIpc) is 3.20. The molecule has 5 heteroatoms. The molecule has 28 heavy (non-hydrogen) atoms. The first kappa shape index (κ1) is 19.8. The Hall–Kier alpha value is -2.92. The van der Waals surface area contributed by atoms with E-state index in [0.29, 0.717) is 37.0 Å². The summed E-state index contributed by atoms with van der Waals surface area (Å²) in [5, 5.41) is 2.89. The topological polar surface area (TPSA) is 81.1 Å². The number of nitrogens with two attached hydrogens (primary N) is 1. The summed E-state index contributed by atoms with van der Waals surface area (Å²) in [7, 11) is 0. The molecule has 1 amide bonds. The molecule has 146 valence electrons. The van der Waals surface area contributed by atoms with Crippen molar-refractivity contribution in [2.24, 2.45) is 5.73 Å². The van der Waals surface area contributed by atoms with Gasteiger partial charge in [0, 0.05) is 31.0 Å². The van der Waals surface area contributed by atoms with E-state index in [-0.39, 0.29) is 11.9 Å². The zero-order valence-electron chi connectivity index (χ0n) is 16.4. The van der Waals surface area contributed by atoms with Crippen LogP contribution in [0, 0.1) is 0 Å². The van der Waals surface area contributed by atoms with Gasteiger partial charge in [0.2, 0.25) is 5.91 Å². The van der Waals surface area contributed by atoms with Gasteiger partial charge in [-0.25, -0.2) is 4.98 Å². The minimum atomic E-state index is -0.225. The van der Waals surface area contributed by atoms with Crippen LogP contribution in [0.1, 0.15) is 49.2 Å². The number of aryl methyl sites for hydroxylation is 1. The fourth-order valence-corrected chi connectivity index (χ4v) is 2.94. The standard InChI is InChI=1S/C23H27N3O2/c1-16(2)17-8-10-18(11-9-17)20(24)14-25-22(27)12-13-23-26-15-21(28-23)19-6-4-3-5-7-19/h3-11,15-16,20H,12-14,24H2,1-2H3,(H,25,27). The van der Waals surface area contributed by atoms with Crippen LogP contribution in [-0.2, 0) is 11.2 Å². The molecule has 0 saturated heterocycles. The second-order valence-corrected chi connectivity index (χ2v) is 7.22. The summed E-state index contributed by atoms with van der Waals surface area (Å²) >= 11 is 0. The summed E-state index contributed by atoms with van der Waals surface area (Å²) in [4.78, 5) is 16.4. The number of hydrogen-bond donors (Lipinski definition) is 2. The molecule has 3 N–H and O–H groups in total. The van der Waals surface area contributed by atoms with Gasteiger partial charge in [0.15, 0.2) is 11.7 Å². The highest BCUT2D eigenvalue weighted by atomic mass is 16.4. The molecule has 0 radical (unpaired) electrons. The molecule has 1 atom stereocenters. The fourth-order valence-electron chi connectivity index (χ4n) is 2.94. The molecule has 3 aromatic rings. The van der Waals surface area contributed by atoms with Crippen molar-refractivity contribution in [2.75, 3.05) is 6.54 Å². The zero-order valence-corrected chi connectivity index (χ0v) is 16.4. The van der Waals surface area contributed by atoms with Crippen LogP contribution in [0.15, 0.2) is 65.2 Å². The van der Waals surface area contributed by atoms with Gasteiger partial charge in [0.1, 0.15) is 0 Å². The largest absolute Gasteiger partial charge is 0.441 e. The third kappa shape index (κ3) is 5.30. The van der Waals surface area contributed by atoms with Crippen molar-refractivity contribution < 1.29 is 9.21 Å². The Morgan fingerprint density at radius 1 is 1.07 bits per heavy atom. The normalized spacial score (nSPS) is 12.1. The maximum absolute atomic E-state index is 12.1. The van der Waals surface area contributed by atoms with Crippen molar-refractivity contribution in [2.45, 2.75) is 38.6 Å². The highest BCUT2D eigenvalue weighted by molar-refractivity contribution is 5.76. The Labute approximate surface area is 166 Å². The molecule has 0 aliphatic rings. The van der Waals surface area contributed by atoms with E-state index in [1.165, 1.54) is 5.56 Å². The SMILES string of the molecule is CC(C)c1ccc(C(N)CNC(=O)CCc2ncc(-c3ccccc3)o2)cc1. The summed E-state index contributed by atoms with van der Waals surface area (Å²) in [6, 6.07) is 17.8. The van der Waals surface area contributed by atoms with E-state index >= 15 is 0 Å². The number of carbonyl (C=O) groups excluding carboxylic acids is 1. The average molecular weight is 377 g/mol. The molecule has 1 unspecified atom stereocenters. The summed E-state index contributed by atoms with van der Waals surface area (Å²) in [6.07, 6.45) is 2.46. The number of rotatable bonds is 8. The van der Waals surface area contributed by atoms with Crippen LogP contribution < -0.4 is 11.1 Å². The molecule has 3 rings (SSSR count). The Morgan fingerprint density at radius 3 is 2.43 bits per heavy atom. The minimum absolute atomic E-state index is 0.0614. The van der Waals surface area contributed by atoms with Crippen molar-refractivity contribution >= 4 is 5.91 Å². The van der Waals surface area contributed by atoms with E-state index in [4.69, 9.17) is 10.2 Å². The molecule has 0 saturated carbocycles. The molecule has 0 fully saturated rings. The smallest absolute Gasteiger partial charge is 0.220 e. The monoisotopic (exact) mass is 377 g/mol. The first-order valence-corrected chi connectivity index (χ1v) is 9.65. The van der Waals surface area contributed by atoms with Crippen LogP contribution in [-0.4, -0.2) is 17.4 Å². The lowest BCUT2D eigenvalue weighted by atomic mass is 9.99. The summed E-state index contributed by atoms with van der Waals surface area (Å²) in [5.74, 6) is 1.70. The first-order valence-electron chi connectivity index (χ1n) is 9.65. The maximum atomic E-state index is 12.1. The number of oxazole rings is 1.